The molecule has 0 saturated carbocycles. The van der Waals surface area contributed by atoms with E-state index in [2.05, 4.69) is 31.9 Å². The van der Waals surface area contributed by atoms with Crippen molar-refractivity contribution in [3.63, 3.8) is 0 Å². The molecule has 0 fully saturated rings. The Hall–Kier alpha value is -2.37. The van der Waals surface area contributed by atoms with Gasteiger partial charge in [-0.1, -0.05) is 79.9 Å². The number of aliphatic hydroxyl groups excluding tert-OH is 1. The Morgan fingerprint density at radius 1 is 0.893 bits per heavy atom. The van der Waals surface area contributed by atoms with Crippen molar-refractivity contribution in [3.8, 4) is 0 Å². The van der Waals surface area contributed by atoms with E-state index in [1.54, 1.807) is 4.90 Å². The standard InChI is InChI=1S/C23H17Br2NO2/c1-14-6-8-15(9-7-14)20-21(18-4-2-3-5-19(18)25)26(23(28)22(20)27)17-12-10-16(24)11-13-17/h2-13,21,27H,1H3/t21-/m1/s1. The van der Waals surface area contributed by atoms with Gasteiger partial charge in [-0.05, 0) is 48.4 Å². The van der Waals surface area contributed by atoms with Crippen molar-refractivity contribution in [1.82, 2.24) is 0 Å². The summed E-state index contributed by atoms with van der Waals surface area (Å²) in [5.74, 6) is -0.619. The van der Waals surface area contributed by atoms with Crippen molar-refractivity contribution in [2.24, 2.45) is 0 Å². The summed E-state index contributed by atoms with van der Waals surface area (Å²) in [5, 5.41) is 10.9. The topological polar surface area (TPSA) is 40.5 Å². The fourth-order valence-corrected chi connectivity index (χ4v) is 4.26. The molecule has 0 radical (unpaired) electrons. The van der Waals surface area contributed by atoms with E-state index < -0.39 is 11.9 Å². The molecule has 4 rings (SSSR count). The molecule has 140 valence electrons. The monoisotopic (exact) mass is 497 g/mol. The third kappa shape index (κ3) is 3.29. The van der Waals surface area contributed by atoms with Crippen LogP contribution in [0.2, 0.25) is 0 Å². The number of amides is 1. The average Bonchev–Trinajstić information content (AvgIpc) is 2.95. The fraction of sp³-hybridized carbons (Fsp3) is 0.0870. The van der Waals surface area contributed by atoms with Gasteiger partial charge in [0.2, 0.25) is 0 Å². The van der Waals surface area contributed by atoms with Crippen molar-refractivity contribution in [2.75, 3.05) is 4.90 Å². The van der Waals surface area contributed by atoms with Crippen LogP contribution in [0, 0.1) is 6.92 Å². The van der Waals surface area contributed by atoms with E-state index >= 15 is 0 Å². The lowest BCUT2D eigenvalue weighted by atomic mass is 9.93. The molecule has 1 heterocycles. The second kappa shape index (κ2) is 7.57. The molecule has 0 aliphatic carbocycles. The van der Waals surface area contributed by atoms with E-state index in [1.807, 2.05) is 79.7 Å². The Balaban J connectivity index is 1.93. The first kappa shape index (κ1) is 19.0. The first-order valence-electron chi connectivity index (χ1n) is 8.81. The predicted octanol–water partition coefficient (Wildman–Crippen LogP) is 6.58. The molecule has 1 atom stereocenters. The lowest BCUT2D eigenvalue weighted by Gasteiger charge is -2.28. The number of hydrogen-bond donors (Lipinski definition) is 1. The molecule has 3 aromatic rings. The highest BCUT2D eigenvalue weighted by Crippen LogP contribution is 2.47. The minimum Gasteiger partial charge on any atom is -0.503 e. The van der Waals surface area contributed by atoms with Gasteiger partial charge in [-0.15, -0.1) is 0 Å². The summed E-state index contributed by atoms with van der Waals surface area (Å²) in [4.78, 5) is 14.8. The van der Waals surface area contributed by atoms with Crippen molar-refractivity contribution in [3.05, 3.63) is 104 Å². The van der Waals surface area contributed by atoms with Gasteiger partial charge in [-0.3, -0.25) is 9.69 Å². The van der Waals surface area contributed by atoms with E-state index in [4.69, 9.17) is 0 Å². The van der Waals surface area contributed by atoms with Crippen LogP contribution >= 0.6 is 31.9 Å². The molecule has 1 amide bonds. The van der Waals surface area contributed by atoms with Gasteiger partial charge in [0.25, 0.3) is 5.91 Å². The maximum absolute atomic E-state index is 13.1. The zero-order valence-electron chi connectivity index (χ0n) is 15.1. The van der Waals surface area contributed by atoms with E-state index in [0.717, 1.165) is 31.3 Å². The molecular weight excluding hydrogens is 482 g/mol. The summed E-state index contributed by atoms with van der Waals surface area (Å²) < 4.78 is 1.81. The molecule has 0 unspecified atom stereocenters. The van der Waals surface area contributed by atoms with Gasteiger partial charge in [0.1, 0.15) is 0 Å². The average molecular weight is 499 g/mol. The highest BCUT2D eigenvalue weighted by Gasteiger charge is 2.42. The number of aryl methyl sites for hydroxylation is 1. The largest absolute Gasteiger partial charge is 0.503 e. The number of anilines is 1. The Kier molecular flexibility index (Phi) is 5.13. The zero-order chi connectivity index (χ0) is 19.8. The van der Waals surface area contributed by atoms with Crippen LogP contribution in [0.15, 0.2) is 87.5 Å². The van der Waals surface area contributed by atoms with Gasteiger partial charge in [0.05, 0.1) is 6.04 Å². The lowest BCUT2D eigenvalue weighted by molar-refractivity contribution is -0.117. The van der Waals surface area contributed by atoms with Crippen LogP contribution in [0.5, 0.6) is 0 Å². The molecule has 0 saturated heterocycles. The first-order valence-corrected chi connectivity index (χ1v) is 10.4. The summed E-state index contributed by atoms with van der Waals surface area (Å²) >= 11 is 7.06. The van der Waals surface area contributed by atoms with Crippen LogP contribution in [0.4, 0.5) is 5.69 Å². The highest BCUT2D eigenvalue weighted by molar-refractivity contribution is 9.10. The molecule has 0 spiro atoms. The molecule has 0 aromatic heterocycles. The summed E-state index contributed by atoms with van der Waals surface area (Å²) in [6.07, 6.45) is 0. The fourth-order valence-electron chi connectivity index (χ4n) is 3.49. The van der Waals surface area contributed by atoms with Crippen LogP contribution in [0.25, 0.3) is 5.57 Å². The summed E-state index contributed by atoms with van der Waals surface area (Å²) in [5.41, 5.74) is 4.20. The molecular formula is C23H17Br2NO2. The Morgan fingerprint density at radius 2 is 1.54 bits per heavy atom. The number of carbonyl (C=O) groups excluding carboxylic acids is 1. The Bertz CT molecular complexity index is 1070. The van der Waals surface area contributed by atoms with E-state index in [0.29, 0.717) is 5.57 Å². The second-order valence-corrected chi connectivity index (χ2v) is 8.47. The molecule has 1 aliphatic rings. The number of hydrogen-bond acceptors (Lipinski definition) is 2. The van der Waals surface area contributed by atoms with Crippen molar-refractivity contribution in [2.45, 2.75) is 13.0 Å². The molecule has 1 aliphatic heterocycles. The van der Waals surface area contributed by atoms with E-state index in [9.17, 15) is 9.90 Å². The maximum atomic E-state index is 13.1. The minimum atomic E-state index is -0.438. The van der Waals surface area contributed by atoms with Crippen molar-refractivity contribution >= 4 is 49.0 Å². The maximum Gasteiger partial charge on any atom is 0.294 e. The minimum absolute atomic E-state index is 0.215. The third-order valence-corrected chi connectivity index (χ3v) is 6.13. The number of benzene rings is 3. The van der Waals surface area contributed by atoms with Gasteiger partial charge in [0.15, 0.2) is 5.76 Å². The zero-order valence-corrected chi connectivity index (χ0v) is 18.2. The van der Waals surface area contributed by atoms with Gasteiger partial charge in [-0.2, -0.15) is 0 Å². The van der Waals surface area contributed by atoms with Gasteiger partial charge < -0.3 is 5.11 Å². The number of rotatable bonds is 3. The lowest BCUT2D eigenvalue weighted by Crippen LogP contribution is -2.30. The van der Waals surface area contributed by atoms with Gasteiger partial charge in [0, 0.05) is 20.2 Å². The number of nitrogens with zero attached hydrogens (tertiary/aromatic N) is 1. The normalized spacial score (nSPS) is 16.8. The summed E-state index contributed by atoms with van der Waals surface area (Å²) in [7, 11) is 0. The highest BCUT2D eigenvalue weighted by atomic mass is 79.9. The Morgan fingerprint density at radius 3 is 2.18 bits per heavy atom. The van der Waals surface area contributed by atoms with E-state index in [1.165, 1.54) is 0 Å². The SMILES string of the molecule is Cc1ccc(C2=C(O)C(=O)N(c3ccc(Br)cc3)[C@@H]2c2ccccc2Br)cc1. The quantitative estimate of drug-likeness (QED) is 0.443. The van der Waals surface area contributed by atoms with Crippen LogP contribution in [-0.4, -0.2) is 11.0 Å². The van der Waals surface area contributed by atoms with E-state index in [-0.39, 0.29) is 5.76 Å². The van der Waals surface area contributed by atoms with Gasteiger partial charge >= 0.3 is 0 Å². The molecule has 1 N–H and O–H groups in total. The molecule has 28 heavy (non-hydrogen) atoms. The Labute approximate surface area is 180 Å². The summed E-state index contributed by atoms with van der Waals surface area (Å²) in [6.45, 7) is 2.01. The molecule has 3 aromatic carbocycles. The smallest absolute Gasteiger partial charge is 0.294 e. The van der Waals surface area contributed by atoms with Crippen LogP contribution in [0.1, 0.15) is 22.7 Å². The number of carbonyl (C=O) groups is 1. The number of aliphatic hydroxyl groups is 1. The van der Waals surface area contributed by atoms with Crippen LogP contribution in [-0.2, 0) is 4.79 Å². The molecule has 5 heteroatoms. The number of halogens is 2. The van der Waals surface area contributed by atoms with Crippen molar-refractivity contribution in [1.29, 1.82) is 0 Å². The molecule has 0 bridgehead atoms. The third-order valence-electron chi connectivity index (χ3n) is 4.88. The first-order chi connectivity index (χ1) is 13.5. The second-order valence-electron chi connectivity index (χ2n) is 6.70. The van der Waals surface area contributed by atoms with Crippen LogP contribution in [0.3, 0.4) is 0 Å². The van der Waals surface area contributed by atoms with Crippen molar-refractivity contribution < 1.29 is 9.90 Å². The molecule has 3 nitrogen and oxygen atoms in total. The predicted molar refractivity (Wildman–Crippen MR) is 119 cm³/mol. The van der Waals surface area contributed by atoms with Crippen LogP contribution < -0.4 is 4.90 Å². The van der Waals surface area contributed by atoms with Gasteiger partial charge in [-0.25, -0.2) is 0 Å². The summed E-state index contributed by atoms with van der Waals surface area (Å²) in [6, 6.07) is 22.7.